The molecule has 0 aliphatic heterocycles. The van der Waals surface area contributed by atoms with Gasteiger partial charge in [0, 0.05) is 18.0 Å². The molecule has 0 spiro atoms. The Bertz CT molecular complexity index is 1080. The number of fused-ring (bicyclic) bond motifs is 1. The minimum Gasteiger partial charge on any atom is -0.489 e. The number of aromatic nitrogens is 3. The maximum absolute atomic E-state index is 11.8. The first-order valence-corrected chi connectivity index (χ1v) is 10.6. The summed E-state index contributed by atoms with van der Waals surface area (Å²) in [5.41, 5.74) is 2.38. The van der Waals surface area contributed by atoms with Crippen LogP contribution in [-0.2, 0) is 0 Å². The van der Waals surface area contributed by atoms with Gasteiger partial charge in [0.05, 0.1) is 16.8 Å². The second-order valence-electron chi connectivity index (χ2n) is 8.60. The average molecular weight is 406 g/mol. The first kappa shape index (κ1) is 19.1. The number of hydrogen-bond acceptors (Lipinski definition) is 5. The number of para-hydroxylation sites is 1. The van der Waals surface area contributed by atoms with Gasteiger partial charge in [0.15, 0.2) is 11.3 Å². The molecule has 0 amide bonds. The molecule has 0 bridgehead atoms. The second-order valence-corrected chi connectivity index (χ2v) is 8.60. The quantitative estimate of drug-likeness (QED) is 0.670. The van der Waals surface area contributed by atoms with Crippen molar-refractivity contribution in [3.05, 3.63) is 47.8 Å². The SMILES string of the molecule is CN(C)C1CC(Oc2cc(C(=O)O)nc3c2c(C2CCC2)nn3-c2ccccc2)C1. The minimum atomic E-state index is -1.06. The van der Waals surface area contributed by atoms with E-state index in [1.165, 1.54) is 6.42 Å². The first-order chi connectivity index (χ1) is 14.5. The molecule has 2 saturated carbocycles. The fourth-order valence-corrected chi connectivity index (χ4v) is 4.26. The van der Waals surface area contributed by atoms with Crippen molar-refractivity contribution in [2.24, 2.45) is 0 Å². The standard InChI is InChI=1S/C23H26N4O3/c1-26(2)16-11-17(12-16)30-19-13-18(23(28)29)24-22-20(19)21(14-7-6-8-14)25-27(22)15-9-4-3-5-10-15/h3-5,9-10,13-14,16-17H,6-8,11-12H2,1-2H3,(H,28,29). The van der Waals surface area contributed by atoms with Gasteiger partial charge in [-0.1, -0.05) is 24.6 Å². The first-order valence-electron chi connectivity index (χ1n) is 10.6. The molecule has 3 aromatic rings. The van der Waals surface area contributed by atoms with Crippen molar-refractivity contribution in [3.63, 3.8) is 0 Å². The number of carbonyl (C=O) groups is 1. The van der Waals surface area contributed by atoms with Crippen LogP contribution in [0.25, 0.3) is 16.7 Å². The summed E-state index contributed by atoms with van der Waals surface area (Å²) in [5.74, 6) is -0.0931. The fraction of sp³-hybridized carbons (Fsp3) is 0.435. The zero-order chi connectivity index (χ0) is 20.8. The number of hydrogen-bond donors (Lipinski definition) is 1. The largest absolute Gasteiger partial charge is 0.489 e. The van der Waals surface area contributed by atoms with Crippen LogP contribution in [0.4, 0.5) is 0 Å². The Morgan fingerprint density at radius 3 is 2.53 bits per heavy atom. The number of benzene rings is 1. The number of carboxylic acid groups (broad SMARTS) is 1. The van der Waals surface area contributed by atoms with Crippen molar-refractivity contribution in [3.8, 4) is 11.4 Å². The number of ether oxygens (including phenoxy) is 1. The lowest BCUT2D eigenvalue weighted by Gasteiger charge is -2.39. The van der Waals surface area contributed by atoms with Crippen LogP contribution >= 0.6 is 0 Å². The van der Waals surface area contributed by atoms with Crippen LogP contribution in [0.2, 0.25) is 0 Å². The van der Waals surface area contributed by atoms with Crippen LogP contribution in [0.15, 0.2) is 36.4 Å². The van der Waals surface area contributed by atoms with E-state index in [-0.39, 0.29) is 11.8 Å². The summed E-state index contributed by atoms with van der Waals surface area (Å²) >= 11 is 0. The highest BCUT2D eigenvalue weighted by molar-refractivity contribution is 5.94. The molecule has 0 atom stereocenters. The molecule has 0 radical (unpaired) electrons. The van der Waals surface area contributed by atoms with Gasteiger partial charge in [-0.3, -0.25) is 0 Å². The average Bonchev–Trinajstić information content (AvgIpc) is 3.02. The Morgan fingerprint density at radius 1 is 1.20 bits per heavy atom. The van der Waals surface area contributed by atoms with Crippen molar-refractivity contribution < 1.29 is 14.6 Å². The highest BCUT2D eigenvalue weighted by atomic mass is 16.5. The Morgan fingerprint density at radius 2 is 1.93 bits per heavy atom. The van der Waals surface area contributed by atoms with Gasteiger partial charge >= 0.3 is 5.97 Å². The van der Waals surface area contributed by atoms with Gasteiger partial charge < -0.3 is 14.7 Å². The van der Waals surface area contributed by atoms with Gasteiger partial charge in [-0.2, -0.15) is 5.10 Å². The van der Waals surface area contributed by atoms with E-state index in [1.807, 2.05) is 30.3 Å². The van der Waals surface area contributed by atoms with Crippen LogP contribution in [-0.4, -0.2) is 57.0 Å². The lowest BCUT2D eigenvalue weighted by atomic mass is 9.82. The summed E-state index contributed by atoms with van der Waals surface area (Å²) in [6, 6.07) is 11.8. The number of nitrogens with zero attached hydrogens (tertiary/aromatic N) is 4. The molecule has 156 valence electrons. The van der Waals surface area contributed by atoms with Gasteiger partial charge in [-0.25, -0.2) is 14.5 Å². The maximum atomic E-state index is 11.8. The van der Waals surface area contributed by atoms with Crippen molar-refractivity contribution in [1.82, 2.24) is 19.7 Å². The fourth-order valence-electron chi connectivity index (χ4n) is 4.26. The predicted octanol–water partition coefficient (Wildman–Crippen LogP) is 3.86. The van der Waals surface area contributed by atoms with E-state index < -0.39 is 5.97 Å². The molecule has 2 fully saturated rings. The van der Waals surface area contributed by atoms with Crippen LogP contribution < -0.4 is 4.74 Å². The van der Waals surface area contributed by atoms with Crippen LogP contribution in [0.1, 0.15) is 54.2 Å². The zero-order valence-corrected chi connectivity index (χ0v) is 17.3. The van der Waals surface area contributed by atoms with E-state index in [0.29, 0.717) is 23.4 Å². The highest BCUT2D eigenvalue weighted by Gasteiger charge is 2.35. The van der Waals surface area contributed by atoms with Crippen molar-refractivity contribution in [2.45, 2.75) is 50.2 Å². The third kappa shape index (κ3) is 3.23. The van der Waals surface area contributed by atoms with Gasteiger partial charge in [0.25, 0.3) is 0 Å². The van der Waals surface area contributed by atoms with Crippen molar-refractivity contribution >= 4 is 17.0 Å². The van der Waals surface area contributed by atoms with E-state index in [0.717, 1.165) is 42.5 Å². The summed E-state index contributed by atoms with van der Waals surface area (Å²) in [5, 5.41) is 15.4. The van der Waals surface area contributed by atoms with Gasteiger partial charge in [0.1, 0.15) is 11.9 Å². The summed E-state index contributed by atoms with van der Waals surface area (Å²) in [4.78, 5) is 18.5. The smallest absolute Gasteiger partial charge is 0.354 e. The summed E-state index contributed by atoms with van der Waals surface area (Å²) < 4.78 is 8.13. The zero-order valence-electron chi connectivity index (χ0n) is 17.3. The number of aromatic carboxylic acids is 1. The topological polar surface area (TPSA) is 80.5 Å². The molecule has 2 heterocycles. The van der Waals surface area contributed by atoms with E-state index in [4.69, 9.17) is 9.84 Å². The third-order valence-corrected chi connectivity index (χ3v) is 6.43. The molecule has 0 unspecified atom stereocenters. The number of pyridine rings is 1. The summed E-state index contributed by atoms with van der Waals surface area (Å²) in [6.07, 6.45) is 5.32. The van der Waals surface area contributed by atoms with Crippen molar-refractivity contribution in [1.29, 1.82) is 0 Å². The summed E-state index contributed by atoms with van der Waals surface area (Å²) in [6.45, 7) is 0. The van der Waals surface area contributed by atoms with E-state index in [1.54, 1.807) is 10.7 Å². The van der Waals surface area contributed by atoms with E-state index in [9.17, 15) is 9.90 Å². The molecule has 7 nitrogen and oxygen atoms in total. The lowest BCUT2D eigenvalue weighted by Crippen LogP contribution is -2.46. The molecule has 30 heavy (non-hydrogen) atoms. The second kappa shape index (κ2) is 7.40. The molecule has 2 aliphatic carbocycles. The Labute approximate surface area is 175 Å². The molecule has 5 rings (SSSR count). The number of carboxylic acids is 1. The normalized spacial score (nSPS) is 21.4. The number of rotatable bonds is 6. The monoisotopic (exact) mass is 406 g/mol. The van der Waals surface area contributed by atoms with Gasteiger partial charge in [-0.15, -0.1) is 0 Å². The maximum Gasteiger partial charge on any atom is 0.354 e. The molecule has 0 saturated heterocycles. The molecule has 2 aliphatic rings. The van der Waals surface area contributed by atoms with Crippen LogP contribution in [0.3, 0.4) is 0 Å². The molecule has 7 heteroatoms. The highest BCUT2D eigenvalue weighted by Crippen LogP contribution is 2.43. The van der Waals surface area contributed by atoms with E-state index >= 15 is 0 Å². The van der Waals surface area contributed by atoms with Crippen molar-refractivity contribution in [2.75, 3.05) is 14.1 Å². The van der Waals surface area contributed by atoms with E-state index in [2.05, 4.69) is 24.0 Å². The van der Waals surface area contributed by atoms with Crippen LogP contribution in [0.5, 0.6) is 5.75 Å². The van der Waals surface area contributed by atoms with Gasteiger partial charge in [-0.05, 0) is 51.9 Å². The molecule has 1 aromatic carbocycles. The molecular weight excluding hydrogens is 380 g/mol. The Hall–Kier alpha value is -2.93. The molecular formula is C23H26N4O3. The van der Waals surface area contributed by atoms with Crippen LogP contribution in [0, 0.1) is 0 Å². The third-order valence-electron chi connectivity index (χ3n) is 6.43. The molecule has 1 N–H and O–H groups in total. The summed E-state index contributed by atoms with van der Waals surface area (Å²) in [7, 11) is 4.15. The van der Waals surface area contributed by atoms with Gasteiger partial charge in [0.2, 0.25) is 0 Å². The predicted molar refractivity (Wildman–Crippen MR) is 114 cm³/mol. The Balaban J connectivity index is 1.64. The minimum absolute atomic E-state index is 0.0155. The Kier molecular flexibility index (Phi) is 4.70. The lowest BCUT2D eigenvalue weighted by molar-refractivity contribution is 0.0408. The molecule has 2 aromatic heterocycles.